The summed E-state index contributed by atoms with van der Waals surface area (Å²) in [5.74, 6) is -0.624. The lowest BCUT2D eigenvalue weighted by molar-refractivity contribution is 0.0692. The number of aromatic nitrogens is 1. The number of hydrogen-bond donors (Lipinski definition) is 3. The van der Waals surface area contributed by atoms with E-state index in [1.807, 2.05) is 49.5 Å². The van der Waals surface area contributed by atoms with Gasteiger partial charge in [-0.3, -0.25) is 4.72 Å². The average molecular weight is 340 g/mol. The molecule has 1 heterocycles. The monoisotopic (exact) mass is 340 g/mol. The first-order valence-electron chi connectivity index (χ1n) is 7.84. The Morgan fingerprint density at radius 1 is 1.17 bits per heavy atom. The third-order valence-electron chi connectivity index (χ3n) is 4.06. The molecule has 0 radical (unpaired) electrons. The topological polar surface area (TPSA) is 65.1 Å². The molecule has 1 aromatic heterocycles. The van der Waals surface area contributed by atoms with Crippen LogP contribution in [0.2, 0.25) is 0 Å². The summed E-state index contributed by atoms with van der Waals surface area (Å²) in [5, 5.41) is 10.6. The van der Waals surface area contributed by atoms with Gasteiger partial charge in [-0.2, -0.15) is 0 Å². The standard InChI is InChI=1S/C19H20N2O2S/c1-11(2)14-5-4-6-15-16(18(19(22)23)21-17(14)15)12-7-9-13(10-8-12)24-20-3/h4-11,20-21H,1-3H3,(H,22,23). The largest absolute Gasteiger partial charge is 0.477 e. The van der Waals surface area contributed by atoms with Crippen molar-refractivity contribution in [2.24, 2.45) is 0 Å². The van der Waals surface area contributed by atoms with Crippen molar-refractivity contribution >= 4 is 28.8 Å². The van der Waals surface area contributed by atoms with Crippen molar-refractivity contribution in [3.8, 4) is 11.1 Å². The number of H-pyrrole nitrogens is 1. The molecule has 0 aliphatic carbocycles. The zero-order chi connectivity index (χ0) is 17.3. The lowest BCUT2D eigenvalue weighted by atomic mass is 9.97. The van der Waals surface area contributed by atoms with Crippen LogP contribution in [-0.4, -0.2) is 23.1 Å². The Hall–Kier alpha value is -2.24. The van der Waals surface area contributed by atoms with Gasteiger partial charge in [-0.15, -0.1) is 0 Å². The van der Waals surface area contributed by atoms with Gasteiger partial charge in [0, 0.05) is 15.8 Å². The fourth-order valence-corrected chi connectivity index (χ4v) is 3.50. The third kappa shape index (κ3) is 2.92. The van der Waals surface area contributed by atoms with Crippen LogP contribution in [0.4, 0.5) is 0 Å². The summed E-state index contributed by atoms with van der Waals surface area (Å²) in [7, 11) is 1.87. The van der Waals surface area contributed by atoms with E-state index in [-0.39, 0.29) is 5.69 Å². The fraction of sp³-hybridized carbons (Fsp3) is 0.211. The number of aromatic amines is 1. The van der Waals surface area contributed by atoms with Crippen LogP contribution < -0.4 is 4.72 Å². The second-order valence-electron chi connectivity index (χ2n) is 5.94. The average Bonchev–Trinajstić information content (AvgIpc) is 2.95. The summed E-state index contributed by atoms with van der Waals surface area (Å²) in [5.41, 5.74) is 3.94. The fourth-order valence-electron chi connectivity index (χ4n) is 2.99. The van der Waals surface area contributed by atoms with Crippen LogP contribution in [-0.2, 0) is 0 Å². The minimum atomic E-state index is -0.940. The molecule has 3 N–H and O–H groups in total. The van der Waals surface area contributed by atoms with E-state index in [0.29, 0.717) is 5.92 Å². The van der Waals surface area contributed by atoms with Crippen LogP contribution in [0.5, 0.6) is 0 Å². The van der Waals surface area contributed by atoms with Crippen LogP contribution in [0.25, 0.3) is 22.0 Å². The summed E-state index contributed by atoms with van der Waals surface area (Å²) in [6, 6.07) is 13.9. The molecule has 0 aliphatic heterocycles. The molecule has 24 heavy (non-hydrogen) atoms. The second kappa shape index (κ2) is 6.71. The van der Waals surface area contributed by atoms with E-state index in [1.165, 1.54) is 11.9 Å². The maximum absolute atomic E-state index is 11.8. The molecule has 5 heteroatoms. The molecule has 4 nitrogen and oxygen atoms in total. The lowest BCUT2D eigenvalue weighted by Gasteiger charge is -2.07. The lowest BCUT2D eigenvalue weighted by Crippen LogP contribution is -1.99. The highest BCUT2D eigenvalue weighted by molar-refractivity contribution is 7.97. The molecule has 0 aliphatic rings. The third-order valence-corrected chi connectivity index (χ3v) is 4.78. The van der Waals surface area contributed by atoms with Gasteiger partial charge in [0.2, 0.25) is 0 Å². The van der Waals surface area contributed by atoms with Gasteiger partial charge in [-0.25, -0.2) is 4.79 Å². The van der Waals surface area contributed by atoms with Crippen LogP contribution >= 0.6 is 11.9 Å². The van der Waals surface area contributed by atoms with E-state index in [1.54, 1.807) is 0 Å². The molecule has 0 atom stereocenters. The predicted octanol–water partition coefficient (Wildman–Crippen LogP) is 4.88. The zero-order valence-electron chi connectivity index (χ0n) is 13.9. The molecule has 124 valence electrons. The molecule has 0 bridgehead atoms. The summed E-state index contributed by atoms with van der Waals surface area (Å²) < 4.78 is 3.03. The number of rotatable bonds is 5. The highest BCUT2D eigenvalue weighted by Crippen LogP contribution is 2.36. The van der Waals surface area contributed by atoms with Crippen molar-refractivity contribution in [1.29, 1.82) is 0 Å². The van der Waals surface area contributed by atoms with Crippen molar-refractivity contribution in [1.82, 2.24) is 9.71 Å². The van der Waals surface area contributed by atoms with Gasteiger partial charge in [-0.1, -0.05) is 44.2 Å². The molecule has 0 fully saturated rings. The normalized spacial score (nSPS) is 11.3. The van der Waals surface area contributed by atoms with Crippen molar-refractivity contribution in [3.05, 3.63) is 53.7 Å². The number of benzene rings is 2. The Labute approximate surface area is 145 Å². The van der Waals surface area contributed by atoms with E-state index < -0.39 is 5.97 Å². The summed E-state index contributed by atoms with van der Waals surface area (Å²) >= 11 is 1.53. The predicted molar refractivity (Wildman–Crippen MR) is 99.7 cm³/mol. The van der Waals surface area contributed by atoms with Crippen molar-refractivity contribution < 1.29 is 9.90 Å². The van der Waals surface area contributed by atoms with Crippen LogP contribution in [0, 0.1) is 0 Å². The molecular weight excluding hydrogens is 320 g/mol. The Balaban J connectivity index is 2.24. The molecule has 2 aromatic carbocycles. The molecule has 0 saturated carbocycles. The van der Waals surface area contributed by atoms with Crippen molar-refractivity contribution in [3.63, 3.8) is 0 Å². The second-order valence-corrected chi connectivity index (χ2v) is 7.02. The number of carboxylic acid groups (broad SMARTS) is 1. The molecule has 3 aromatic rings. The van der Waals surface area contributed by atoms with Gasteiger partial charge >= 0.3 is 5.97 Å². The summed E-state index contributed by atoms with van der Waals surface area (Å²) in [6.07, 6.45) is 0. The zero-order valence-corrected chi connectivity index (χ0v) is 14.7. The molecule has 0 saturated heterocycles. The first-order chi connectivity index (χ1) is 11.5. The maximum Gasteiger partial charge on any atom is 0.352 e. The summed E-state index contributed by atoms with van der Waals surface area (Å²) in [4.78, 5) is 16.0. The van der Waals surface area contributed by atoms with Gasteiger partial charge in [0.1, 0.15) is 5.69 Å². The molecule has 0 spiro atoms. The van der Waals surface area contributed by atoms with Gasteiger partial charge in [0.15, 0.2) is 0 Å². The summed E-state index contributed by atoms with van der Waals surface area (Å²) in [6.45, 7) is 4.22. The van der Waals surface area contributed by atoms with Crippen molar-refractivity contribution in [2.75, 3.05) is 7.05 Å². The first-order valence-corrected chi connectivity index (χ1v) is 8.66. The number of para-hydroxylation sites is 1. The van der Waals surface area contributed by atoms with Crippen LogP contribution in [0.3, 0.4) is 0 Å². The number of hydrogen-bond acceptors (Lipinski definition) is 3. The minimum absolute atomic E-state index is 0.243. The van der Waals surface area contributed by atoms with Gasteiger partial charge in [-0.05, 0) is 48.2 Å². The number of aromatic carboxylic acids is 1. The molecule has 0 unspecified atom stereocenters. The van der Waals surface area contributed by atoms with E-state index in [2.05, 4.69) is 23.6 Å². The number of fused-ring (bicyclic) bond motifs is 1. The Morgan fingerprint density at radius 3 is 2.46 bits per heavy atom. The minimum Gasteiger partial charge on any atom is -0.477 e. The van der Waals surface area contributed by atoms with E-state index in [0.717, 1.165) is 32.5 Å². The molecule has 0 amide bonds. The van der Waals surface area contributed by atoms with Crippen LogP contribution in [0.1, 0.15) is 35.8 Å². The molecule has 3 rings (SSSR count). The van der Waals surface area contributed by atoms with Gasteiger partial charge in [0.05, 0.1) is 5.52 Å². The van der Waals surface area contributed by atoms with E-state index in [4.69, 9.17) is 0 Å². The Bertz CT molecular complexity index is 882. The van der Waals surface area contributed by atoms with Gasteiger partial charge in [0.25, 0.3) is 0 Å². The highest BCUT2D eigenvalue weighted by Gasteiger charge is 2.20. The van der Waals surface area contributed by atoms with E-state index in [9.17, 15) is 9.90 Å². The smallest absolute Gasteiger partial charge is 0.352 e. The number of carbonyl (C=O) groups is 1. The maximum atomic E-state index is 11.8. The van der Waals surface area contributed by atoms with Gasteiger partial charge < -0.3 is 10.1 Å². The van der Waals surface area contributed by atoms with Crippen LogP contribution in [0.15, 0.2) is 47.4 Å². The van der Waals surface area contributed by atoms with E-state index >= 15 is 0 Å². The SMILES string of the molecule is CNSc1ccc(-c2c(C(=O)O)[nH]c3c(C(C)C)cccc23)cc1. The number of nitrogens with one attached hydrogen (secondary N) is 2. The Morgan fingerprint density at radius 2 is 1.88 bits per heavy atom. The quantitative estimate of drug-likeness (QED) is 0.579. The molecular formula is C19H20N2O2S. The number of carboxylic acids is 1. The Kier molecular flexibility index (Phi) is 4.64. The highest BCUT2D eigenvalue weighted by atomic mass is 32.2. The van der Waals surface area contributed by atoms with Crippen molar-refractivity contribution in [2.45, 2.75) is 24.7 Å². The first kappa shape index (κ1) is 16.6.